The van der Waals surface area contributed by atoms with Crippen LogP contribution in [0.2, 0.25) is 0 Å². The highest BCUT2D eigenvalue weighted by atomic mass is 16.5. The Hall–Kier alpha value is -2.32. The van der Waals surface area contributed by atoms with Crippen LogP contribution in [0.4, 0.5) is 0 Å². The van der Waals surface area contributed by atoms with Crippen LogP contribution >= 0.6 is 0 Å². The minimum absolute atomic E-state index is 0.367. The molecule has 1 aromatic rings. The van der Waals surface area contributed by atoms with Crippen molar-refractivity contribution in [1.82, 2.24) is 5.32 Å². The molecule has 0 saturated carbocycles. The van der Waals surface area contributed by atoms with Gasteiger partial charge in [0.1, 0.15) is 5.84 Å². The van der Waals surface area contributed by atoms with E-state index in [2.05, 4.69) is 16.4 Å². The average Bonchev–Trinajstić information content (AvgIpc) is 2.46. The largest absolute Gasteiger partial charge is 0.495 e. The number of nitrogens with zero attached hydrogens (tertiary/aromatic N) is 2. The molecule has 92 valence electrons. The van der Waals surface area contributed by atoms with Gasteiger partial charge in [-0.3, -0.25) is 0 Å². The van der Waals surface area contributed by atoms with Gasteiger partial charge in [-0.25, -0.2) is 4.99 Å². The van der Waals surface area contributed by atoms with Crippen LogP contribution in [0.25, 0.3) is 0 Å². The van der Waals surface area contributed by atoms with E-state index in [0.29, 0.717) is 17.2 Å². The third-order valence-electron chi connectivity index (χ3n) is 2.58. The Morgan fingerprint density at radius 2 is 2.22 bits per heavy atom. The minimum atomic E-state index is -0.367. The summed E-state index contributed by atoms with van der Waals surface area (Å²) in [5, 5.41) is 12.0. The fourth-order valence-corrected chi connectivity index (χ4v) is 1.66. The van der Waals surface area contributed by atoms with Crippen LogP contribution < -0.4 is 5.32 Å². The summed E-state index contributed by atoms with van der Waals surface area (Å²) in [5.74, 6) is 1.26. The predicted molar refractivity (Wildman–Crippen MR) is 66.7 cm³/mol. The lowest BCUT2D eigenvalue weighted by molar-refractivity contribution is 0.0668. The van der Waals surface area contributed by atoms with Crippen molar-refractivity contribution in [3.8, 4) is 6.07 Å². The predicted octanol–water partition coefficient (Wildman–Crippen LogP) is 1.37. The van der Waals surface area contributed by atoms with E-state index >= 15 is 0 Å². The van der Waals surface area contributed by atoms with Crippen LogP contribution in [0.5, 0.6) is 0 Å². The van der Waals surface area contributed by atoms with Gasteiger partial charge in [0.2, 0.25) is 0 Å². The maximum absolute atomic E-state index is 8.87. The molecule has 0 radical (unpaired) electrons. The van der Waals surface area contributed by atoms with Crippen molar-refractivity contribution >= 4 is 5.84 Å². The van der Waals surface area contributed by atoms with Gasteiger partial charge in [0, 0.05) is 12.7 Å². The fraction of sp³-hybridized carbons (Fsp3) is 0.231. The van der Waals surface area contributed by atoms with Crippen molar-refractivity contribution in [2.75, 3.05) is 14.2 Å². The lowest BCUT2D eigenvalue weighted by atomic mass is 10.1. The first kappa shape index (κ1) is 12.1. The number of nitrogens with one attached hydrogen (secondary N) is 1. The zero-order valence-corrected chi connectivity index (χ0v) is 10.2. The highest BCUT2D eigenvalue weighted by Gasteiger charge is 2.20. The van der Waals surface area contributed by atoms with Gasteiger partial charge in [0.25, 0.3) is 0 Å². The summed E-state index contributed by atoms with van der Waals surface area (Å²) < 4.78 is 10.4. The van der Waals surface area contributed by atoms with E-state index in [9.17, 15) is 0 Å². The summed E-state index contributed by atoms with van der Waals surface area (Å²) >= 11 is 0. The van der Waals surface area contributed by atoms with Crippen LogP contribution in [0.3, 0.4) is 0 Å². The van der Waals surface area contributed by atoms with E-state index in [4.69, 9.17) is 14.7 Å². The third kappa shape index (κ3) is 2.34. The zero-order chi connectivity index (χ0) is 13.0. The summed E-state index contributed by atoms with van der Waals surface area (Å²) in [5.41, 5.74) is 1.43. The summed E-state index contributed by atoms with van der Waals surface area (Å²) in [7, 11) is 3.15. The molecule has 0 spiro atoms. The second-order valence-corrected chi connectivity index (χ2v) is 3.67. The molecule has 0 aliphatic carbocycles. The minimum Gasteiger partial charge on any atom is -0.495 e. The molecule has 1 aliphatic heterocycles. The van der Waals surface area contributed by atoms with E-state index in [1.54, 1.807) is 32.6 Å². The molecule has 5 nitrogen and oxygen atoms in total. The molecule has 0 amide bonds. The monoisotopic (exact) mass is 243 g/mol. The third-order valence-corrected chi connectivity index (χ3v) is 2.58. The molecule has 1 aromatic carbocycles. The Morgan fingerprint density at radius 1 is 1.39 bits per heavy atom. The van der Waals surface area contributed by atoms with Crippen LogP contribution in [-0.4, -0.2) is 26.3 Å². The number of methoxy groups -OCH3 is 2. The Morgan fingerprint density at radius 3 is 2.89 bits per heavy atom. The second kappa shape index (κ2) is 5.34. The molecule has 5 heteroatoms. The van der Waals surface area contributed by atoms with Crippen molar-refractivity contribution in [3.63, 3.8) is 0 Å². The van der Waals surface area contributed by atoms with Gasteiger partial charge in [-0.2, -0.15) is 5.26 Å². The molecule has 0 bridgehead atoms. The second-order valence-electron chi connectivity index (χ2n) is 3.67. The van der Waals surface area contributed by atoms with Gasteiger partial charge in [-0.05, 0) is 12.1 Å². The van der Waals surface area contributed by atoms with Gasteiger partial charge in [-0.15, -0.1) is 0 Å². The Balaban J connectivity index is 2.32. The number of hydrogen-bond donors (Lipinski definition) is 1. The Labute approximate surface area is 105 Å². The van der Waals surface area contributed by atoms with Crippen molar-refractivity contribution in [2.45, 2.75) is 6.23 Å². The fourth-order valence-electron chi connectivity index (χ4n) is 1.66. The molecule has 1 heterocycles. The van der Waals surface area contributed by atoms with Crippen LogP contribution in [0.15, 0.2) is 41.2 Å². The number of aliphatic imine (C=N–C) groups is 1. The van der Waals surface area contributed by atoms with Gasteiger partial charge in [0.15, 0.2) is 12.0 Å². The topological polar surface area (TPSA) is 66.6 Å². The van der Waals surface area contributed by atoms with Gasteiger partial charge in [-0.1, -0.05) is 12.1 Å². The summed E-state index contributed by atoms with van der Waals surface area (Å²) in [4.78, 5) is 4.25. The lowest BCUT2D eigenvalue weighted by Crippen LogP contribution is -2.40. The van der Waals surface area contributed by atoms with Crippen LogP contribution in [0.1, 0.15) is 11.1 Å². The summed E-state index contributed by atoms with van der Waals surface area (Å²) in [6, 6.07) is 9.31. The first-order valence-electron chi connectivity index (χ1n) is 5.40. The van der Waals surface area contributed by atoms with Crippen molar-refractivity contribution < 1.29 is 9.47 Å². The molecular formula is C13H13N3O2. The van der Waals surface area contributed by atoms with E-state index in [0.717, 1.165) is 5.56 Å². The van der Waals surface area contributed by atoms with E-state index in [1.165, 1.54) is 0 Å². The normalized spacial score (nSPS) is 18.2. The van der Waals surface area contributed by atoms with Gasteiger partial charge >= 0.3 is 0 Å². The Bertz CT molecular complexity index is 543. The molecule has 1 atom stereocenters. The number of hydrogen-bond acceptors (Lipinski definition) is 5. The smallest absolute Gasteiger partial charge is 0.188 e. The van der Waals surface area contributed by atoms with Crippen molar-refractivity contribution in [1.29, 1.82) is 5.26 Å². The molecule has 0 saturated heterocycles. The van der Waals surface area contributed by atoms with Crippen LogP contribution in [0, 0.1) is 11.3 Å². The molecule has 2 rings (SSSR count). The maximum Gasteiger partial charge on any atom is 0.188 e. The van der Waals surface area contributed by atoms with Crippen molar-refractivity contribution in [2.24, 2.45) is 4.99 Å². The number of benzene rings is 1. The number of rotatable bonds is 3. The SMILES string of the molecule is COC1=CN=C(c2cccc(C#N)c2)NC1OC. The molecule has 1 N–H and O–H groups in total. The molecule has 1 aliphatic rings. The number of nitriles is 1. The molecule has 0 fully saturated rings. The average molecular weight is 243 g/mol. The first-order chi connectivity index (χ1) is 8.78. The number of ether oxygens (including phenoxy) is 2. The Kier molecular flexibility index (Phi) is 3.60. The highest BCUT2D eigenvalue weighted by molar-refractivity contribution is 6.00. The van der Waals surface area contributed by atoms with Gasteiger partial charge < -0.3 is 14.8 Å². The first-order valence-corrected chi connectivity index (χ1v) is 5.40. The molecule has 1 unspecified atom stereocenters. The highest BCUT2D eigenvalue weighted by Crippen LogP contribution is 2.13. The van der Waals surface area contributed by atoms with Crippen LogP contribution in [-0.2, 0) is 9.47 Å². The zero-order valence-electron chi connectivity index (χ0n) is 10.2. The lowest BCUT2D eigenvalue weighted by Gasteiger charge is -2.24. The van der Waals surface area contributed by atoms with Gasteiger partial charge in [0.05, 0.1) is 24.9 Å². The quantitative estimate of drug-likeness (QED) is 0.870. The standard InChI is InChI=1S/C13H13N3O2/c1-17-11-8-15-12(16-13(11)18-2)10-5-3-4-9(6-10)7-14/h3-6,8,13H,1-2H3,(H,15,16). The van der Waals surface area contributed by atoms with E-state index < -0.39 is 0 Å². The molecule has 0 aromatic heterocycles. The van der Waals surface area contributed by atoms with Crippen molar-refractivity contribution in [3.05, 3.63) is 47.4 Å². The molecule has 18 heavy (non-hydrogen) atoms. The maximum atomic E-state index is 8.87. The van der Waals surface area contributed by atoms with E-state index in [-0.39, 0.29) is 6.23 Å². The number of amidine groups is 1. The summed E-state index contributed by atoms with van der Waals surface area (Å²) in [6.45, 7) is 0. The molecular weight excluding hydrogens is 230 g/mol. The summed E-state index contributed by atoms with van der Waals surface area (Å²) in [6.07, 6.45) is 1.24. The van der Waals surface area contributed by atoms with E-state index in [1.807, 2.05) is 12.1 Å².